The molecule has 10 rings (SSSR count). The van der Waals surface area contributed by atoms with E-state index in [-0.39, 0.29) is 11.8 Å². The molecule has 2 amide bonds. The first kappa shape index (κ1) is 45.1. The monoisotopic (exact) mass is 942 g/mol. The van der Waals surface area contributed by atoms with Gasteiger partial charge in [-0.3, -0.25) is 19.0 Å². The van der Waals surface area contributed by atoms with Crippen molar-refractivity contribution in [3.63, 3.8) is 0 Å². The lowest BCUT2D eigenvalue weighted by molar-refractivity contribution is -0.121. The molecule has 0 aliphatic carbocycles. The number of benzene rings is 4. The van der Waals surface area contributed by atoms with Crippen LogP contribution in [0.4, 0.5) is 11.4 Å². The van der Waals surface area contributed by atoms with Gasteiger partial charge in [0.15, 0.2) is 0 Å². The number of aromatic nitrogens is 10. The quantitative estimate of drug-likeness (QED) is 0.103. The van der Waals surface area contributed by atoms with Gasteiger partial charge >= 0.3 is 0 Å². The van der Waals surface area contributed by atoms with Gasteiger partial charge in [-0.25, -0.2) is 19.0 Å². The van der Waals surface area contributed by atoms with Crippen LogP contribution in [0.2, 0.25) is 10.0 Å². The molecule has 16 nitrogen and oxygen atoms in total. The molecule has 0 radical (unpaired) electrons. The zero-order valence-corrected chi connectivity index (χ0v) is 38.7. The van der Waals surface area contributed by atoms with Crippen LogP contribution >= 0.6 is 23.2 Å². The first-order valence-electron chi connectivity index (χ1n) is 21.2. The Morgan fingerprint density at radius 3 is 1.21 bits per heavy atom. The van der Waals surface area contributed by atoms with Gasteiger partial charge in [-0.05, 0) is 85.6 Å². The number of anilines is 2. The molecule has 18 heteroatoms. The van der Waals surface area contributed by atoms with Crippen molar-refractivity contribution in [2.75, 3.05) is 10.6 Å². The summed E-state index contributed by atoms with van der Waals surface area (Å²) in [5.74, 6) is -0.639. The van der Waals surface area contributed by atoms with Crippen molar-refractivity contribution in [2.45, 2.75) is 24.9 Å². The Morgan fingerprint density at radius 2 is 0.868 bits per heavy atom. The molecular weight excluding hydrogens is 900 g/mol. The molecule has 0 aliphatic rings. The van der Waals surface area contributed by atoms with Crippen molar-refractivity contribution < 1.29 is 9.59 Å². The van der Waals surface area contributed by atoms with Gasteiger partial charge < -0.3 is 22.1 Å². The maximum atomic E-state index is 12.9. The van der Waals surface area contributed by atoms with Gasteiger partial charge in [0.25, 0.3) is 0 Å². The Labute approximate surface area is 400 Å². The van der Waals surface area contributed by atoms with Gasteiger partial charge in [-0.2, -0.15) is 20.4 Å². The van der Waals surface area contributed by atoms with E-state index in [2.05, 4.69) is 41.0 Å². The van der Waals surface area contributed by atoms with Crippen LogP contribution < -0.4 is 22.1 Å². The summed E-state index contributed by atoms with van der Waals surface area (Å²) in [6.45, 7) is 3.34. The van der Waals surface area contributed by atoms with E-state index >= 15 is 0 Å². The number of hydrogen-bond acceptors (Lipinski definition) is 10. The molecule has 0 saturated heterocycles. The Balaban J connectivity index is 0.000000170. The molecule has 0 unspecified atom stereocenters. The normalized spacial score (nSPS) is 13.1. The molecule has 340 valence electrons. The summed E-state index contributed by atoms with van der Waals surface area (Å²) in [6.07, 6.45) is 14.5. The van der Waals surface area contributed by atoms with Crippen LogP contribution in [0.1, 0.15) is 25.0 Å². The van der Waals surface area contributed by atoms with Crippen LogP contribution in [0.25, 0.3) is 55.8 Å². The fraction of sp³-hybridized carbons (Fsp3) is 0.120. The summed E-state index contributed by atoms with van der Waals surface area (Å²) in [7, 11) is 3.77. The van der Waals surface area contributed by atoms with Crippen LogP contribution in [0, 0.1) is 0 Å². The molecule has 2 atom stereocenters. The lowest BCUT2D eigenvalue weighted by Gasteiger charge is -2.24. The molecule has 6 heterocycles. The van der Waals surface area contributed by atoms with Crippen LogP contribution in [-0.4, -0.2) is 60.6 Å². The fourth-order valence-corrected chi connectivity index (χ4v) is 7.81. The minimum absolute atomic E-state index is 0.320. The summed E-state index contributed by atoms with van der Waals surface area (Å²) < 4.78 is 7.12. The number of rotatable bonds is 10. The third-order valence-electron chi connectivity index (χ3n) is 11.6. The Kier molecular flexibility index (Phi) is 12.2. The zero-order chi connectivity index (χ0) is 47.7. The number of nitrogens with one attached hydrogen (secondary N) is 2. The maximum Gasteiger partial charge on any atom is 0.248 e. The smallest absolute Gasteiger partial charge is 0.248 e. The molecule has 68 heavy (non-hydrogen) atoms. The molecule has 0 fully saturated rings. The number of nitrogens with two attached hydrogens (primary N) is 2. The number of carbonyl (C=O) groups excluding carboxylic acids is 2. The number of halogens is 2. The van der Waals surface area contributed by atoms with Gasteiger partial charge in [-0.1, -0.05) is 71.7 Å². The number of aryl methyl sites for hydroxylation is 2. The summed E-state index contributed by atoms with van der Waals surface area (Å²) in [6, 6.07) is 32.9. The molecule has 0 spiro atoms. The highest BCUT2D eigenvalue weighted by atomic mass is 35.5. The Morgan fingerprint density at radius 1 is 0.500 bits per heavy atom. The minimum atomic E-state index is -1.21. The fourth-order valence-electron chi connectivity index (χ4n) is 7.56. The summed E-state index contributed by atoms with van der Waals surface area (Å²) in [5.41, 5.74) is 22.0. The number of fused-ring (bicyclic) bond motifs is 2. The SMILES string of the molecule is Cn1cc(-c2cc3c(-c4ccc(NC(=O)[C@@](C)(N)c5ccc(Cl)cc5)cc4)ncnn3c2)cn1.Cn1cc(-c2cc3c(-c4ccc(NC(=O)[C@](C)(N)c5ccc(Cl)cc5)cc4)ncnn3c2)cn1. The van der Waals surface area contributed by atoms with E-state index in [9.17, 15) is 9.59 Å². The van der Waals surface area contributed by atoms with Crippen LogP contribution in [0.3, 0.4) is 0 Å². The Hall–Kier alpha value is -8.02. The van der Waals surface area contributed by atoms with E-state index in [4.69, 9.17) is 34.7 Å². The Bertz CT molecular complexity index is 3200. The molecule has 0 bridgehead atoms. The summed E-state index contributed by atoms with van der Waals surface area (Å²) >= 11 is 11.9. The van der Waals surface area contributed by atoms with E-state index in [1.807, 2.05) is 112 Å². The average molecular weight is 944 g/mol. The van der Waals surface area contributed by atoms with Crippen LogP contribution in [0.15, 0.2) is 159 Å². The van der Waals surface area contributed by atoms with Gasteiger partial charge in [0.2, 0.25) is 11.8 Å². The molecule has 6 aromatic heterocycles. The van der Waals surface area contributed by atoms with E-state index in [0.29, 0.717) is 32.5 Å². The van der Waals surface area contributed by atoms with Crippen molar-refractivity contribution in [2.24, 2.45) is 25.6 Å². The van der Waals surface area contributed by atoms with Gasteiger partial charge in [0, 0.05) is 93.7 Å². The van der Waals surface area contributed by atoms with Crippen LogP contribution in [-0.2, 0) is 34.8 Å². The van der Waals surface area contributed by atoms with E-state index < -0.39 is 11.1 Å². The molecule has 6 N–H and O–H groups in total. The molecule has 0 aliphatic heterocycles. The van der Waals surface area contributed by atoms with Gasteiger partial charge in [-0.15, -0.1) is 0 Å². The third-order valence-corrected chi connectivity index (χ3v) is 12.1. The standard InChI is InChI=1S/2C25H22ClN7O/c2*1-25(27,19-5-7-20(26)8-6-19)24(34)31-21-9-3-16(4-10-21)23-22-11-17(14-33(22)30-15-28-23)18-12-29-32(2)13-18/h2*3-15H,27H2,1-2H3,(H,31,34)/t2*25-/m10/s1. The number of amides is 2. The van der Waals surface area contributed by atoms with Crippen molar-refractivity contribution >= 4 is 57.4 Å². The lowest BCUT2D eigenvalue weighted by atomic mass is 9.92. The van der Waals surface area contributed by atoms with E-state index in [1.54, 1.807) is 80.8 Å². The van der Waals surface area contributed by atoms with E-state index in [1.165, 1.54) is 12.7 Å². The average Bonchev–Trinajstić information content (AvgIpc) is 4.17. The summed E-state index contributed by atoms with van der Waals surface area (Å²) in [4.78, 5) is 34.8. The second-order valence-corrected chi connectivity index (χ2v) is 17.5. The van der Waals surface area contributed by atoms with E-state index in [0.717, 1.165) is 55.8 Å². The molecule has 0 saturated carbocycles. The second kappa shape index (κ2) is 18.3. The van der Waals surface area contributed by atoms with Crippen molar-refractivity contribution in [1.82, 2.24) is 48.8 Å². The largest absolute Gasteiger partial charge is 0.324 e. The van der Waals surface area contributed by atoms with Gasteiger partial charge in [0.1, 0.15) is 23.7 Å². The topological polar surface area (TPSA) is 206 Å². The van der Waals surface area contributed by atoms with Crippen molar-refractivity contribution in [3.8, 4) is 44.8 Å². The summed E-state index contributed by atoms with van der Waals surface area (Å²) in [5, 5.41) is 24.1. The predicted molar refractivity (Wildman–Crippen MR) is 264 cm³/mol. The van der Waals surface area contributed by atoms with Gasteiger partial charge in [0.05, 0.1) is 34.8 Å². The highest BCUT2D eigenvalue weighted by Gasteiger charge is 2.32. The van der Waals surface area contributed by atoms with Crippen molar-refractivity contribution in [3.05, 3.63) is 180 Å². The molecular formula is C50H44Cl2N14O2. The highest BCUT2D eigenvalue weighted by molar-refractivity contribution is 6.30. The minimum Gasteiger partial charge on any atom is -0.324 e. The maximum absolute atomic E-state index is 12.9. The first-order chi connectivity index (χ1) is 32.6. The zero-order valence-electron chi connectivity index (χ0n) is 37.2. The van der Waals surface area contributed by atoms with Crippen molar-refractivity contribution in [1.29, 1.82) is 0 Å². The number of hydrogen-bond donors (Lipinski definition) is 4. The highest BCUT2D eigenvalue weighted by Crippen LogP contribution is 2.31. The van der Waals surface area contributed by atoms with Crippen LogP contribution in [0.5, 0.6) is 0 Å². The lowest BCUT2D eigenvalue weighted by Crippen LogP contribution is -2.45. The first-order valence-corrected chi connectivity index (χ1v) is 22.0. The number of carbonyl (C=O) groups is 2. The number of nitrogens with zero attached hydrogens (tertiary/aromatic N) is 10. The molecule has 10 aromatic rings. The molecule has 4 aromatic carbocycles. The predicted octanol–water partition coefficient (Wildman–Crippen LogP) is 8.53. The third kappa shape index (κ3) is 9.34. The second-order valence-electron chi connectivity index (χ2n) is 16.6.